The maximum atomic E-state index is 9.45. The van der Waals surface area contributed by atoms with E-state index in [4.69, 9.17) is 5.73 Å². The molecule has 56 valence electrons. The van der Waals surface area contributed by atoms with E-state index >= 15 is 0 Å². The van der Waals surface area contributed by atoms with Gasteiger partial charge in [-0.25, -0.2) is 0 Å². The summed E-state index contributed by atoms with van der Waals surface area (Å²) in [7, 11) is 0. The first-order chi connectivity index (χ1) is 4.52. The van der Waals surface area contributed by atoms with Crippen LogP contribution in [-0.2, 0) is 5.60 Å². The van der Waals surface area contributed by atoms with Gasteiger partial charge in [0, 0.05) is 11.8 Å². The first kappa shape index (κ1) is 7.50. The maximum absolute atomic E-state index is 9.45. The second-order valence-electron chi connectivity index (χ2n) is 2.66. The third-order valence-corrected chi connectivity index (χ3v) is 1.88. The van der Waals surface area contributed by atoms with Gasteiger partial charge in [-0.05, 0) is 25.4 Å². The van der Waals surface area contributed by atoms with Gasteiger partial charge in [-0.15, -0.1) is 0 Å². The van der Waals surface area contributed by atoms with Crippen LogP contribution >= 0.6 is 11.5 Å². The van der Waals surface area contributed by atoms with Crippen LogP contribution in [0, 0.1) is 0 Å². The van der Waals surface area contributed by atoms with Crippen LogP contribution < -0.4 is 5.73 Å². The van der Waals surface area contributed by atoms with Crippen molar-refractivity contribution in [3.05, 3.63) is 11.8 Å². The van der Waals surface area contributed by atoms with E-state index in [-0.39, 0.29) is 0 Å². The smallest absolute Gasteiger partial charge is 0.112 e. The van der Waals surface area contributed by atoms with E-state index in [2.05, 4.69) is 4.37 Å². The van der Waals surface area contributed by atoms with Crippen LogP contribution in [0.4, 0.5) is 5.00 Å². The second kappa shape index (κ2) is 2.21. The Morgan fingerprint density at radius 1 is 1.70 bits per heavy atom. The zero-order chi connectivity index (χ0) is 7.78. The lowest BCUT2D eigenvalue weighted by molar-refractivity contribution is 0.0796. The fraction of sp³-hybridized carbons (Fsp3) is 0.500. The molecule has 3 N–H and O–H groups in total. The van der Waals surface area contributed by atoms with Crippen LogP contribution in [0.5, 0.6) is 0 Å². The minimum Gasteiger partial charge on any atom is -0.389 e. The molecule has 0 amide bonds. The highest BCUT2D eigenvalue weighted by atomic mass is 32.1. The number of aliphatic hydroxyl groups is 1. The first-order valence-corrected chi connectivity index (χ1v) is 3.72. The SMILES string of the molecule is CC(C)(O)c1cnsc1N. The fourth-order valence-corrected chi connectivity index (χ4v) is 1.38. The van der Waals surface area contributed by atoms with E-state index in [0.29, 0.717) is 10.6 Å². The molecule has 0 aliphatic heterocycles. The summed E-state index contributed by atoms with van der Waals surface area (Å²) in [5, 5.41) is 10.0. The maximum Gasteiger partial charge on any atom is 0.112 e. The predicted octanol–water partition coefficient (Wildman–Crippen LogP) is 0.953. The van der Waals surface area contributed by atoms with Crippen LogP contribution in [0.25, 0.3) is 0 Å². The molecular formula is C6H10N2OS. The Kier molecular flexibility index (Phi) is 1.66. The summed E-state index contributed by atoms with van der Waals surface area (Å²) >= 11 is 1.20. The summed E-state index contributed by atoms with van der Waals surface area (Å²) < 4.78 is 3.84. The fourth-order valence-electron chi connectivity index (χ4n) is 0.708. The second-order valence-corrected chi connectivity index (χ2v) is 3.50. The van der Waals surface area contributed by atoms with Gasteiger partial charge in [0.15, 0.2) is 0 Å². The highest BCUT2D eigenvalue weighted by Crippen LogP contribution is 2.27. The lowest BCUT2D eigenvalue weighted by atomic mass is 10.0. The molecule has 1 heterocycles. The molecule has 3 nitrogen and oxygen atoms in total. The van der Waals surface area contributed by atoms with Crippen molar-refractivity contribution in [2.24, 2.45) is 0 Å². The van der Waals surface area contributed by atoms with Gasteiger partial charge in [0.1, 0.15) is 5.00 Å². The van der Waals surface area contributed by atoms with E-state index in [0.717, 1.165) is 0 Å². The Labute approximate surface area is 63.7 Å². The van der Waals surface area contributed by atoms with Gasteiger partial charge >= 0.3 is 0 Å². The van der Waals surface area contributed by atoms with Crippen molar-refractivity contribution in [2.45, 2.75) is 19.4 Å². The van der Waals surface area contributed by atoms with Crippen molar-refractivity contribution in [1.29, 1.82) is 0 Å². The number of aromatic nitrogens is 1. The zero-order valence-corrected chi connectivity index (χ0v) is 6.77. The Balaban J connectivity index is 3.05. The number of rotatable bonds is 1. The van der Waals surface area contributed by atoms with Gasteiger partial charge in [0.25, 0.3) is 0 Å². The predicted molar refractivity (Wildman–Crippen MR) is 41.8 cm³/mol. The molecule has 0 saturated carbocycles. The standard InChI is InChI=1S/C6H10N2OS/c1-6(2,9)4-3-8-10-5(4)7/h3,9H,7H2,1-2H3. The van der Waals surface area contributed by atoms with Crippen molar-refractivity contribution in [1.82, 2.24) is 4.37 Å². The minimum absolute atomic E-state index is 0.590. The topological polar surface area (TPSA) is 59.1 Å². The molecule has 10 heavy (non-hydrogen) atoms. The molecule has 0 bridgehead atoms. The molecule has 0 aliphatic rings. The summed E-state index contributed by atoms with van der Waals surface area (Å²) in [6, 6.07) is 0. The molecule has 1 rings (SSSR count). The first-order valence-electron chi connectivity index (χ1n) is 2.95. The summed E-state index contributed by atoms with van der Waals surface area (Å²) in [5.74, 6) is 0. The Bertz CT molecular complexity index is 226. The van der Waals surface area contributed by atoms with Gasteiger partial charge in [-0.2, -0.15) is 4.37 Å². The van der Waals surface area contributed by atoms with Crippen molar-refractivity contribution < 1.29 is 5.11 Å². The highest BCUT2D eigenvalue weighted by molar-refractivity contribution is 7.10. The molecule has 0 atom stereocenters. The number of anilines is 1. The lowest BCUT2D eigenvalue weighted by Gasteiger charge is -2.15. The van der Waals surface area contributed by atoms with Gasteiger partial charge < -0.3 is 10.8 Å². The van der Waals surface area contributed by atoms with Crippen molar-refractivity contribution >= 4 is 16.5 Å². The van der Waals surface area contributed by atoms with Crippen LogP contribution in [0.1, 0.15) is 19.4 Å². The number of nitrogens with zero attached hydrogens (tertiary/aromatic N) is 1. The summed E-state index contributed by atoms with van der Waals surface area (Å²) in [6.45, 7) is 3.38. The average molecular weight is 158 g/mol. The molecule has 4 heteroatoms. The van der Waals surface area contributed by atoms with Crippen molar-refractivity contribution in [2.75, 3.05) is 5.73 Å². The van der Waals surface area contributed by atoms with Crippen LogP contribution in [0.2, 0.25) is 0 Å². The molecule has 0 radical (unpaired) electrons. The zero-order valence-electron chi connectivity index (χ0n) is 5.96. The summed E-state index contributed by atoms with van der Waals surface area (Å²) in [4.78, 5) is 0. The quantitative estimate of drug-likeness (QED) is 0.639. The molecule has 0 aliphatic carbocycles. The summed E-state index contributed by atoms with van der Waals surface area (Å²) in [5.41, 5.74) is 5.36. The molecule has 1 aromatic rings. The molecular weight excluding hydrogens is 148 g/mol. The Hall–Kier alpha value is -0.610. The van der Waals surface area contributed by atoms with Gasteiger partial charge in [0.05, 0.1) is 5.60 Å². The van der Waals surface area contributed by atoms with E-state index in [1.165, 1.54) is 11.5 Å². The molecule has 1 aromatic heterocycles. The van der Waals surface area contributed by atoms with Crippen LogP contribution in [-0.4, -0.2) is 9.48 Å². The Morgan fingerprint density at radius 3 is 2.50 bits per heavy atom. The Morgan fingerprint density at radius 2 is 2.30 bits per heavy atom. The van der Waals surface area contributed by atoms with E-state index < -0.39 is 5.60 Å². The largest absolute Gasteiger partial charge is 0.389 e. The average Bonchev–Trinajstić information content (AvgIpc) is 2.11. The van der Waals surface area contributed by atoms with Gasteiger partial charge in [-0.1, -0.05) is 0 Å². The molecule has 0 fully saturated rings. The van der Waals surface area contributed by atoms with Crippen LogP contribution in [0.3, 0.4) is 0 Å². The molecule has 0 aromatic carbocycles. The number of hydrogen-bond acceptors (Lipinski definition) is 4. The minimum atomic E-state index is -0.864. The lowest BCUT2D eigenvalue weighted by Crippen LogP contribution is -2.15. The third-order valence-electron chi connectivity index (χ3n) is 1.26. The molecule has 0 spiro atoms. The third kappa shape index (κ3) is 1.27. The van der Waals surface area contributed by atoms with Gasteiger partial charge in [-0.3, -0.25) is 0 Å². The van der Waals surface area contributed by atoms with E-state index in [1.54, 1.807) is 20.0 Å². The summed E-state index contributed by atoms with van der Waals surface area (Å²) in [6.07, 6.45) is 1.60. The molecule has 0 unspecified atom stereocenters. The number of hydrogen-bond donors (Lipinski definition) is 2. The van der Waals surface area contributed by atoms with Crippen molar-refractivity contribution in [3.8, 4) is 0 Å². The normalized spacial score (nSPS) is 11.9. The van der Waals surface area contributed by atoms with E-state index in [1.807, 2.05) is 0 Å². The number of nitrogens with two attached hydrogens (primary N) is 1. The van der Waals surface area contributed by atoms with Crippen LogP contribution in [0.15, 0.2) is 6.20 Å². The molecule has 0 saturated heterocycles. The van der Waals surface area contributed by atoms with E-state index in [9.17, 15) is 5.11 Å². The highest BCUT2D eigenvalue weighted by Gasteiger charge is 2.20. The van der Waals surface area contributed by atoms with Crippen molar-refractivity contribution in [3.63, 3.8) is 0 Å². The van der Waals surface area contributed by atoms with Gasteiger partial charge in [0.2, 0.25) is 0 Å². The number of nitrogen functional groups attached to an aromatic ring is 1. The monoisotopic (exact) mass is 158 g/mol.